The van der Waals surface area contributed by atoms with Crippen LogP contribution in [0.5, 0.6) is 0 Å². The molecule has 0 amide bonds. The molecule has 1 aliphatic carbocycles. The maximum atomic E-state index is 13.1. The lowest BCUT2D eigenvalue weighted by Crippen LogP contribution is -2.38. The predicted molar refractivity (Wildman–Crippen MR) is 249 cm³/mol. The summed E-state index contributed by atoms with van der Waals surface area (Å²) >= 11 is 0. The normalized spacial score (nSPS) is 15.6. The van der Waals surface area contributed by atoms with Crippen LogP contribution >= 0.6 is 0 Å². The number of allylic oxidation sites excluding steroid dienone is 4. The number of carbonyl (C=O) groups excluding carboxylic acids is 3. The van der Waals surface area contributed by atoms with Crippen LogP contribution in [0.25, 0.3) is 0 Å². The van der Waals surface area contributed by atoms with Crippen molar-refractivity contribution < 1.29 is 38.1 Å². The van der Waals surface area contributed by atoms with Crippen LogP contribution in [0.2, 0.25) is 0 Å². The quantitative estimate of drug-likeness (QED) is 0.0195. The third-order valence-electron chi connectivity index (χ3n) is 12.1. The van der Waals surface area contributed by atoms with Gasteiger partial charge in [0, 0.05) is 32.6 Å². The van der Waals surface area contributed by atoms with E-state index in [0.29, 0.717) is 26.1 Å². The van der Waals surface area contributed by atoms with Gasteiger partial charge in [-0.05, 0) is 96.1 Å². The van der Waals surface area contributed by atoms with E-state index in [1.165, 1.54) is 96.3 Å². The molecule has 1 aliphatic heterocycles. The molecule has 1 saturated heterocycles. The molecule has 1 unspecified atom stereocenters. The maximum absolute atomic E-state index is 13.1. The minimum atomic E-state index is -0.443. The van der Waals surface area contributed by atoms with Crippen molar-refractivity contribution in [2.45, 2.75) is 220 Å². The van der Waals surface area contributed by atoms with Crippen molar-refractivity contribution in [1.29, 1.82) is 0 Å². The summed E-state index contributed by atoms with van der Waals surface area (Å²) < 4.78 is 29.5. The lowest BCUT2D eigenvalue weighted by Gasteiger charge is -2.31. The number of hydrogen-bond donors (Lipinski definition) is 0. The Balaban J connectivity index is 1.76. The topological polar surface area (TPSA) is 101 Å². The van der Waals surface area contributed by atoms with Gasteiger partial charge in [0.25, 0.3) is 0 Å². The molecule has 0 aromatic rings. The first-order chi connectivity index (χ1) is 29.9. The summed E-state index contributed by atoms with van der Waals surface area (Å²) in [5, 5.41) is 0. The summed E-state index contributed by atoms with van der Waals surface area (Å²) in [7, 11) is 0. The van der Waals surface area contributed by atoms with Gasteiger partial charge in [0.05, 0.1) is 18.3 Å². The van der Waals surface area contributed by atoms with E-state index in [1.54, 1.807) is 0 Å². The Labute approximate surface area is 374 Å². The Bertz CT molecular complexity index is 1100. The van der Waals surface area contributed by atoms with Crippen LogP contribution in [0.4, 0.5) is 0 Å². The fourth-order valence-corrected chi connectivity index (χ4v) is 7.77. The van der Waals surface area contributed by atoms with Gasteiger partial charge in [0.2, 0.25) is 0 Å². The molecule has 61 heavy (non-hydrogen) atoms. The summed E-state index contributed by atoms with van der Waals surface area (Å²) in [5.41, 5.74) is 0. The van der Waals surface area contributed by atoms with Crippen molar-refractivity contribution in [3.8, 4) is 0 Å². The molecule has 0 N–H and O–H groups in total. The number of esters is 3. The van der Waals surface area contributed by atoms with Crippen molar-refractivity contribution >= 4 is 17.9 Å². The third kappa shape index (κ3) is 33.0. The zero-order chi connectivity index (χ0) is 43.9. The lowest BCUT2D eigenvalue weighted by atomic mass is 9.97. The summed E-state index contributed by atoms with van der Waals surface area (Å²) in [5.74, 6) is -0.529. The number of ether oxygens (including phenoxy) is 5. The van der Waals surface area contributed by atoms with Crippen LogP contribution in [0.15, 0.2) is 24.3 Å². The molecule has 1 heterocycles. The molecule has 354 valence electrons. The van der Waals surface area contributed by atoms with E-state index in [1.807, 2.05) is 0 Å². The van der Waals surface area contributed by atoms with Crippen molar-refractivity contribution in [1.82, 2.24) is 4.90 Å². The molecule has 9 heteroatoms. The van der Waals surface area contributed by atoms with Crippen molar-refractivity contribution in [2.75, 3.05) is 52.7 Å². The Kier molecular flexibility index (Phi) is 35.4. The SMILES string of the molecule is CCCCCC=CCC=CCCCCCCCC(=O)OCC(COC(=O)CCC(OCCCCCCCC)OCCCCCCCC)COC(=O)C1CCN(CC2CC2)CC1. The van der Waals surface area contributed by atoms with Crippen LogP contribution in [0.1, 0.15) is 213 Å². The molecule has 0 bridgehead atoms. The van der Waals surface area contributed by atoms with E-state index in [-0.39, 0.29) is 50.1 Å². The Morgan fingerprint density at radius 1 is 0.541 bits per heavy atom. The van der Waals surface area contributed by atoms with Crippen molar-refractivity contribution in [3.05, 3.63) is 24.3 Å². The van der Waals surface area contributed by atoms with E-state index in [9.17, 15) is 14.4 Å². The molecule has 0 aromatic heterocycles. The average Bonchev–Trinajstić information content (AvgIpc) is 4.09. The number of carbonyl (C=O) groups is 3. The molecular weight excluding hydrogens is 767 g/mol. The highest BCUT2D eigenvalue weighted by Crippen LogP contribution is 2.31. The maximum Gasteiger partial charge on any atom is 0.309 e. The molecule has 2 aliphatic rings. The van der Waals surface area contributed by atoms with Gasteiger partial charge in [-0.3, -0.25) is 14.4 Å². The smallest absolute Gasteiger partial charge is 0.309 e. The van der Waals surface area contributed by atoms with Crippen molar-refractivity contribution in [3.63, 3.8) is 0 Å². The predicted octanol–water partition coefficient (Wildman–Crippen LogP) is 13.0. The monoisotopic (exact) mass is 860 g/mol. The highest BCUT2D eigenvalue weighted by Gasteiger charge is 2.30. The molecular formula is C52H93NO8. The summed E-state index contributed by atoms with van der Waals surface area (Å²) in [6, 6.07) is 0. The molecule has 0 radical (unpaired) electrons. The zero-order valence-electron chi connectivity index (χ0n) is 39.7. The van der Waals surface area contributed by atoms with Crippen LogP contribution in [-0.2, 0) is 38.1 Å². The Hall–Kier alpha value is -2.23. The van der Waals surface area contributed by atoms with Gasteiger partial charge in [-0.25, -0.2) is 0 Å². The molecule has 2 rings (SSSR count). The van der Waals surface area contributed by atoms with Gasteiger partial charge in [-0.1, -0.05) is 141 Å². The zero-order valence-corrected chi connectivity index (χ0v) is 39.7. The van der Waals surface area contributed by atoms with Crippen LogP contribution in [0, 0.1) is 17.8 Å². The molecule has 0 aromatic carbocycles. The highest BCUT2D eigenvalue weighted by molar-refractivity contribution is 5.72. The molecule has 9 nitrogen and oxygen atoms in total. The van der Waals surface area contributed by atoms with Crippen molar-refractivity contribution in [2.24, 2.45) is 17.8 Å². The Morgan fingerprint density at radius 2 is 1.02 bits per heavy atom. The first-order valence-electron chi connectivity index (χ1n) is 25.7. The summed E-state index contributed by atoms with van der Waals surface area (Å²) in [4.78, 5) is 41.4. The second-order valence-electron chi connectivity index (χ2n) is 18.1. The lowest BCUT2D eigenvalue weighted by molar-refractivity contribution is -0.162. The first-order valence-corrected chi connectivity index (χ1v) is 25.7. The van der Waals surface area contributed by atoms with Gasteiger partial charge < -0.3 is 28.6 Å². The minimum Gasteiger partial charge on any atom is -0.465 e. The summed E-state index contributed by atoms with van der Waals surface area (Å²) in [6.45, 7) is 11.0. The molecule has 1 atom stereocenters. The third-order valence-corrected chi connectivity index (χ3v) is 12.1. The van der Waals surface area contributed by atoms with Gasteiger partial charge in [0.1, 0.15) is 19.8 Å². The fraction of sp³-hybridized carbons (Fsp3) is 0.865. The summed E-state index contributed by atoms with van der Waals surface area (Å²) in [6.07, 6.45) is 40.4. The number of rotatable bonds is 42. The highest BCUT2D eigenvalue weighted by atomic mass is 16.7. The minimum absolute atomic E-state index is 0.0187. The van der Waals surface area contributed by atoms with E-state index in [2.05, 4.69) is 50.0 Å². The second-order valence-corrected chi connectivity index (χ2v) is 18.1. The number of nitrogens with zero attached hydrogens (tertiary/aromatic N) is 1. The van der Waals surface area contributed by atoms with Gasteiger partial charge in [0.15, 0.2) is 6.29 Å². The number of likely N-dealkylation sites (tertiary alicyclic amines) is 1. The van der Waals surface area contributed by atoms with Gasteiger partial charge in [-0.15, -0.1) is 0 Å². The molecule has 1 saturated carbocycles. The van der Waals surface area contributed by atoms with E-state index in [0.717, 1.165) is 103 Å². The van der Waals surface area contributed by atoms with Crippen LogP contribution < -0.4 is 0 Å². The standard InChI is InChI=1S/C52H93NO8/c1-4-7-10-13-16-17-18-19-20-21-22-23-24-25-28-31-49(54)59-43-47(45-61-52(56)48-36-38-53(39-37-48)42-46-32-33-46)44-60-50(55)34-35-51(57-40-29-26-14-11-8-5-2)58-41-30-27-15-12-9-6-3/h16-17,19-20,46-48,51H,4-15,18,21-45H2,1-3H3. The second kappa shape index (κ2) is 39.4. The van der Waals surface area contributed by atoms with E-state index >= 15 is 0 Å². The van der Waals surface area contributed by atoms with Gasteiger partial charge in [-0.2, -0.15) is 0 Å². The van der Waals surface area contributed by atoms with E-state index < -0.39 is 12.2 Å². The number of piperidine rings is 1. The van der Waals surface area contributed by atoms with Crippen LogP contribution in [0.3, 0.4) is 0 Å². The Morgan fingerprint density at radius 3 is 1.59 bits per heavy atom. The average molecular weight is 860 g/mol. The molecule has 2 fully saturated rings. The van der Waals surface area contributed by atoms with Crippen LogP contribution in [-0.4, -0.2) is 81.8 Å². The van der Waals surface area contributed by atoms with E-state index in [4.69, 9.17) is 23.7 Å². The molecule has 0 spiro atoms. The number of hydrogen-bond acceptors (Lipinski definition) is 9. The largest absolute Gasteiger partial charge is 0.465 e. The number of unbranched alkanes of at least 4 members (excludes halogenated alkanes) is 18. The van der Waals surface area contributed by atoms with Gasteiger partial charge >= 0.3 is 17.9 Å². The first kappa shape index (κ1) is 54.9. The fourth-order valence-electron chi connectivity index (χ4n) is 7.77.